The Labute approximate surface area is 143 Å². The minimum Gasteiger partial charge on any atom is -0.381 e. The Morgan fingerprint density at radius 2 is 1.00 bits per heavy atom. The lowest BCUT2D eigenvalue weighted by molar-refractivity contribution is -0.184. The lowest BCUT2D eigenvalue weighted by atomic mass is 10.4. The van der Waals surface area contributed by atoms with Crippen LogP contribution in [0.4, 0.5) is 0 Å². The SMILES string of the molecule is OCN(CCN(CO)CCN1COCOC1)CCN1COCOC1. The number of rotatable bonds is 11. The van der Waals surface area contributed by atoms with Crippen LogP contribution in [0.25, 0.3) is 0 Å². The number of aliphatic hydroxyl groups excluding tert-OH is 2. The second-order valence-corrected chi connectivity index (χ2v) is 5.88. The monoisotopic (exact) mass is 350 g/mol. The average Bonchev–Trinajstić information content (AvgIpc) is 2.65. The van der Waals surface area contributed by atoms with E-state index in [1.54, 1.807) is 0 Å². The zero-order chi connectivity index (χ0) is 17.0. The molecule has 2 N–H and O–H groups in total. The average molecular weight is 350 g/mol. The van der Waals surface area contributed by atoms with Crippen LogP contribution in [0.15, 0.2) is 0 Å². The highest BCUT2D eigenvalue weighted by Crippen LogP contribution is 2.01. The van der Waals surface area contributed by atoms with Crippen LogP contribution in [-0.2, 0) is 18.9 Å². The molecule has 2 heterocycles. The molecule has 2 aliphatic rings. The highest BCUT2D eigenvalue weighted by molar-refractivity contribution is 4.63. The zero-order valence-electron chi connectivity index (χ0n) is 14.2. The van der Waals surface area contributed by atoms with E-state index in [1.807, 2.05) is 19.6 Å². The smallest absolute Gasteiger partial charge is 0.150 e. The summed E-state index contributed by atoms with van der Waals surface area (Å²) in [6.45, 7) is 7.23. The van der Waals surface area contributed by atoms with Gasteiger partial charge in [-0.2, -0.15) is 0 Å². The molecule has 0 aromatic heterocycles. The summed E-state index contributed by atoms with van der Waals surface area (Å²) >= 11 is 0. The minimum absolute atomic E-state index is 0.0113. The first-order valence-electron chi connectivity index (χ1n) is 8.24. The molecule has 2 fully saturated rings. The molecule has 0 radical (unpaired) electrons. The number of hydrogen-bond acceptors (Lipinski definition) is 10. The summed E-state index contributed by atoms with van der Waals surface area (Å²) in [5.41, 5.74) is 0. The number of hydrogen-bond donors (Lipinski definition) is 2. The first-order chi connectivity index (χ1) is 11.8. The standard InChI is InChI=1S/C14H30N4O6/c19-7-15(3-5-17-9-21-13-22-10-17)1-2-16(8-20)4-6-18-11-23-14-24-12-18/h19-20H,1-14H2. The van der Waals surface area contributed by atoms with E-state index in [-0.39, 0.29) is 13.5 Å². The van der Waals surface area contributed by atoms with Gasteiger partial charge in [-0.05, 0) is 0 Å². The second-order valence-electron chi connectivity index (χ2n) is 5.88. The fourth-order valence-corrected chi connectivity index (χ4v) is 2.47. The lowest BCUT2D eigenvalue weighted by Crippen LogP contribution is -2.45. The Morgan fingerprint density at radius 3 is 1.33 bits per heavy atom. The lowest BCUT2D eigenvalue weighted by Gasteiger charge is -2.31. The molecule has 0 bridgehead atoms. The predicted molar refractivity (Wildman–Crippen MR) is 84.3 cm³/mol. The Morgan fingerprint density at radius 1 is 0.625 bits per heavy atom. The number of aliphatic hydroxyl groups is 2. The van der Waals surface area contributed by atoms with Crippen LogP contribution in [0.1, 0.15) is 0 Å². The van der Waals surface area contributed by atoms with Gasteiger partial charge in [-0.15, -0.1) is 0 Å². The van der Waals surface area contributed by atoms with Crippen molar-refractivity contribution in [1.29, 1.82) is 0 Å². The Balaban J connectivity index is 1.59. The van der Waals surface area contributed by atoms with E-state index < -0.39 is 0 Å². The third-order valence-electron chi connectivity index (χ3n) is 4.03. The van der Waals surface area contributed by atoms with Gasteiger partial charge in [0, 0.05) is 39.3 Å². The molecule has 0 amide bonds. The van der Waals surface area contributed by atoms with Crippen LogP contribution >= 0.6 is 0 Å². The van der Waals surface area contributed by atoms with Gasteiger partial charge in [0.25, 0.3) is 0 Å². The van der Waals surface area contributed by atoms with Crippen LogP contribution in [0.5, 0.6) is 0 Å². The normalized spacial score (nSPS) is 21.0. The minimum atomic E-state index is -0.0113. The van der Waals surface area contributed by atoms with E-state index in [0.717, 1.165) is 26.2 Å². The third kappa shape index (κ3) is 7.66. The molecule has 0 aliphatic carbocycles. The molecule has 10 nitrogen and oxygen atoms in total. The van der Waals surface area contributed by atoms with Gasteiger partial charge in [0.1, 0.15) is 40.5 Å². The zero-order valence-corrected chi connectivity index (χ0v) is 14.2. The van der Waals surface area contributed by atoms with E-state index in [2.05, 4.69) is 0 Å². The summed E-state index contributed by atoms with van der Waals surface area (Å²) in [7, 11) is 0. The first kappa shape index (κ1) is 19.9. The molecule has 0 atom stereocenters. The molecule has 0 saturated carbocycles. The topological polar surface area (TPSA) is 90.3 Å². The van der Waals surface area contributed by atoms with Crippen LogP contribution < -0.4 is 0 Å². The molecule has 142 valence electrons. The first-order valence-corrected chi connectivity index (χ1v) is 8.24. The van der Waals surface area contributed by atoms with Gasteiger partial charge < -0.3 is 29.2 Å². The van der Waals surface area contributed by atoms with Gasteiger partial charge >= 0.3 is 0 Å². The third-order valence-corrected chi connectivity index (χ3v) is 4.03. The summed E-state index contributed by atoms with van der Waals surface area (Å²) in [6.07, 6.45) is 0. The summed E-state index contributed by atoms with van der Waals surface area (Å²) in [4.78, 5) is 7.94. The molecular weight excluding hydrogens is 320 g/mol. The fourth-order valence-electron chi connectivity index (χ4n) is 2.47. The van der Waals surface area contributed by atoms with Crippen molar-refractivity contribution in [2.45, 2.75) is 0 Å². The summed E-state index contributed by atoms with van der Waals surface area (Å²) < 4.78 is 20.8. The maximum Gasteiger partial charge on any atom is 0.150 e. The van der Waals surface area contributed by atoms with Gasteiger partial charge in [0.05, 0.1) is 13.5 Å². The fraction of sp³-hybridized carbons (Fsp3) is 1.00. The molecule has 2 aliphatic heterocycles. The summed E-state index contributed by atoms with van der Waals surface area (Å²) in [5.74, 6) is 0. The van der Waals surface area contributed by atoms with Gasteiger partial charge in [-0.1, -0.05) is 0 Å². The van der Waals surface area contributed by atoms with Crippen molar-refractivity contribution in [3.63, 3.8) is 0 Å². The largest absolute Gasteiger partial charge is 0.381 e. The predicted octanol–water partition coefficient (Wildman–Crippen LogP) is -2.07. The Hall–Kier alpha value is -0.400. The van der Waals surface area contributed by atoms with E-state index in [0.29, 0.717) is 53.6 Å². The molecule has 2 saturated heterocycles. The van der Waals surface area contributed by atoms with Crippen molar-refractivity contribution in [3.05, 3.63) is 0 Å². The summed E-state index contributed by atoms with van der Waals surface area (Å²) in [5, 5.41) is 19.0. The molecule has 0 spiro atoms. The van der Waals surface area contributed by atoms with Gasteiger partial charge in [0.2, 0.25) is 0 Å². The van der Waals surface area contributed by atoms with Crippen LogP contribution in [-0.4, -0.2) is 123 Å². The van der Waals surface area contributed by atoms with Crippen LogP contribution in [0.2, 0.25) is 0 Å². The van der Waals surface area contributed by atoms with Crippen LogP contribution in [0, 0.1) is 0 Å². The van der Waals surface area contributed by atoms with Crippen molar-refractivity contribution in [2.24, 2.45) is 0 Å². The quantitative estimate of drug-likeness (QED) is 0.405. The number of ether oxygens (including phenoxy) is 4. The maximum atomic E-state index is 9.50. The summed E-state index contributed by atoms with van der Waals surface area (Å²) in [6, 6.07) is 0. The molecule has 2 rings (SSSR count). The Kier molecular flexibility index (Phi) is 9.99. The van der Waals surface area contributed by atoms with Crippen molar-refractivity contribution < 1.29 is 29.2 Å². The molecular formula is C14H30N4O6. The van der Waals surface area contributed by atoms with Crippen molar-refractivity contribution in [3.8, 4) is 0 Å². The van der Waals surface area contributed by atoms with E-state index >= 15 is 0 Å². The molecule has 0 aromatic rings. The van der Waals surface area contributed by atoms with Crippen molar-refractivity contribution in [2.75, 3.05) is 93.2 Å². The Bertz CT molecular complexity index is 286. The van der Waals surface area contributed by atoms with Crippen molar-refractivity contribution in [1.82, 2.24) is 19.6 Å². The van der Waals surface area contributed by atoms with Gasteiger partial charge in [0.15, 0.2) is 0 Å². The van der Waals surface area contributed by atoms with Crippen molar-refractivity contribution >= 4 is 0 Å². The van der Waals surface area contributed by atoms with Gasteiger partial charge in [-0.3, -0.25) is 19.6 Å². The van der Waals surface area contributed by atoms with E-state index in [4.69, 9.17) is 18.9 Å². The van der Waals surface area contributed by atoms with E-state index in [9.17, 15) is 10.2 Å². The maximum absolute atomic E-state index is 9.50. The highest BCUT2D eigenvalue weighted by atomic mass is 16.7. The highest BCUT2D eigenvalue weighted by Gasteiger charge is 2.15. The van der Waals surface area contributed by atoms with Crippen LogP contribution in [0.3, 0.4) is 0 Å². The molecule has 24 heavy (non-hydrogen) atoms. The van der Waals surface area contributed by atoms with Gasteiger partial charge in [-0.25, -0.2) is 0 Å². The molecule has 0 unspecified atom stereocenters. The number of nitrogens with zero attached hydrogens (tertiary/aromatic N) is 4. The molecule has 10 heteroatoms. The molecule has 0 aromatic carbocycles. The second kappa shape index (κ2) is 12.0. The van der Waals surface area contributed by atoms with E-state index in [1.165, 1.54) is 0 Å².